The fourth-order valence-corrected chi connectivity index (χ4v) is 2.35. The van der Waals surface area contributed by atoms with E-state index in [2.05, 4.69) is 11.4 Å². The first-order chi connectivity index (χ1) is 10.1. The quantitative estimate of drug-likeness (QED) is 0.789. The number of amides is 1. The average molecular weight is 289 g/mol. The lowest BCUT2D eigenvalue weighted by atomic mass is 9.94. The molecule has 2 unspecified atom stereocenters. The van der Waals surface area contributed by atoms with E-state index >= 15 is 0 Å². The summed E-state index contributed by atoms with van der Waals surface area (Å²) in [5.41, 5.74) is 1.11. The molecule has 0 spiro atoms. The number of allylic oxidation sites excluding steroid dienone is 2. The van der Waals surface area contributed by atoms with Crippen LogP contribution in [-0.4, -0.2) is 30.3 Å². The number of hydrogen-bond donors (Lipinski definition) is 2. The summed E-state index contributed by atoms with van der Waals surface area (Å²) in [6.07, 6.45) is 6.09. The summed E-state index contributed by atoms with van der Waals surface area (Å²) in [5.74, 6) is 0.798. The predicted molar refractivity (Wildman–Crippen MR) is 82.2 cm³/mol. The molecule has 0 radical (unpaired) electrons. The first kappa shape index (κ1) is 15.6. The molecule has 1 aliphatic carbocycles. The Bertz CT molecular complexity index is 499. The Kier molecular flexibility index (Phi) is 5.81. The van der Waals surface area contributed by atoms with Crippen molar-refractivity contribution in [2.24, 2.45) is 5.92 Å². The summed E-state index contributed by atoms with van der Waals surface area (Å²) in [4.78, 5) is 11.9. The number of hydrogen-bond acceptors (Lipinski definition) is 3. The smallest absolute Gasteiger partial charge is 0.223 e. The van der Waals surface area contributed by atoms with Gasteiger partial charge >= 0.3 is 0 Å². The predicted octanol–water partition coefficient (Wildman–Crippen LogP) is 2.21. The number of aliphatic hydroxyl groups is 1. The van der Waals surface area contributed by atoms with E-state index in [9.17, 15) is 9.90 Å². The molecule has 4 heteroatoms. The number of carbonyl (C=O) groups excluding carboxylic acids is 1. The van der Waals surface area contributed by atoms with Gasteiger partial charge in [0.05, 0.1) is 0 Å². The zero-order valence-corrected chi connectivity index (χ0v) is 12.4. The topological polar surface area (TPSA) is 58.6 Å². The highest BCUT2D eigenvalue weighted by atomic mass is 16.5. The second-order valence-corrected chi connectivity index (χ2v) is 5.51. The number of aliphatic hydroxyl groups excluding tert-OH is 1. The molecule has 1 aromatic rings. The molecule has 1 amide bonds. The number of aryl methyl sites for hydroxylation is 1. The van der Waals surface area contributed by atoms with E-state index in [-0.39, 0.29) is 25.0 Å². The molecule has 0 heterocycles. The fraction of sp³-hybridized carbons (Fsp3) is 0.471. The SMILES string of the molecule is Cc1cccc(OCC(O)CNC(=O)C2CC=CCC2)c1. The van der Waals surface area contributed by atoms with Crippen LogP contribution in [0, 0.1) is 12.8 Å². The Morgan fingerprint density at radius 3 is 3.05 bits per heavy atom. The van der Waals surface area contributed by atoms with Gasteiger partial charge in [0.1, 0.15) is 18.5 Å². The molecule has 1 aromatic carbocycles. The molecule has 114 valence electrons. The van der Waals surface area contributed by atoms with Crippen LogP contribution < -0.4 is 10.1 Å². The Balaban J connectivity index is 1.68. The van der Waals surface area contributed by atoms with Crippen molar-refractivity contribution in [1.82, 2.24) is 5.32 Å². The lowest BCUT2D eigenvalue weighted by molar-refractivity contribution is -0.125. The van der Waals surface area contributed by atoms with Crippen molar-refractivity contribution >= 4 is 5.91 Å². The summed E-state index contributed by atoms with van der Waals surface area (Å²) in [7, 11) is 0. The molecule has 1 aliphatic rings. The van der Waals surface area contributed by atoms with Gasteiger partial charge < -0.3 is 15.2 Å². The van der Waals surface area contributed by atoms with Gasteiger partial charge in [0.25, 0.3) is 0 Å². The van der Waals surface area contributed by atoms with Crippen molar-refractivity contribution in [2.45, 2.75) is 32.3 Å². The Morgan fingerprint density at radius 1 is 1.48 bits per heavy atom. The lowest BCUT2D eigenvalue weighted by Gasteiger charge is -2.19. The normalized spacial score (nSPS) is 19.0. The van der Waals surface area contributed by atoms with Crippen molar-refractivity contribution < 1.29 is 14.6 Å². The Morgan fingerprint density at radius 2 is 2.33 bits per heavy atom. The van der Waals surface area contributed by atoms with Crippen molar-refractivity contribution in [3.05, 3.63) is 42.0 Å². The standard InChI is InChI=1S/C17H23NO3/c1-13-6-5-9-16(10-13)21-12-15(19)11-18-17(20)14-7-3-2-4-8-14/h2-3,5-6,9-10,14-15,19H,4,7-8,11-12H2,1H3,(H,18,20). The molecule has 0 bridgehead atoms. The second kappa shape index (κ2) is 7.84. The van der Waals surface area contributed by atoms with E-state index in [1.54, 1.807) is 0 Å². The summed E-state index contributed by atoms with van der Waals surface area (Å²) in [6, 6.07) is 7.67. The molecule has 2 atom stereocenters. The zero-order chi connectivity index (χ0) is 15.1. The van der Waals surface area contributed by atoms with Crippen LogP contribution in [-0.2, 0) is 4.79 Å². The van der Waals surface area contributed by atoms with Gasteiger partial charge in [-0.3, -0.25) is 4.79 Å². The Labute approximate surface area is 125 Å². The highest BCUT2D eigenvalue weighted by Crippen LogP contribution is 2.18. The van der Waals surface area contributed by atoms with Gasteiger partial charge in [-0.05, 0) is 43.9 Å². The molecular weight excluding hydrogens is 266 g/mol. The summed E-state index contributed by atoms with van der Waals surface area (Å²) in [6.45, 7) is 2.39. The van der Waals surface area contributed by atoms with E-state index in [1.807, 2.05) is 37.3 Å². The van der Waals surface area contributed by atoms with Crippen LogP contribution in [0.5, 0.6) is 5.75 Å². The molecule has 0 aliphatic heterocycles. The fourth-order valence-electron chi connectivity index (χ4n) is 2.35. The van der Waals surface area contributed by atoms with Crippen LogP contribution in [0.3, 0.4) is 0 Å². The minimum atomic E-state index is -0.700. The van der Waals surface area contributed by atoms with Crippen molar-refractivity contribution in [3.8, 4) is 5.75 Å². The second-order valence-electron chi connectivity index (χ2n) is 5.51. The van der Waals surface area contributed by atoms with E-state index in [4.69, 9.17) is 4.74 Å². The molecular formula is C17H23NO3. The first-order valence-corrected chi connectivity index (χ1v) is 7.45. The van der Waals surface area contributed by atoms with Crippen molar-refractivity contribution in [3.63, 3.8) is 0 Å². The maximum Gasteiger partial charge on any atom is 0.223 e. The number of benzene rings is 1. The van der Waals surface area contributed by atoms with Gasteiger partial charge in [-0.2, -0.15) is 0 Å². The zero-order valence-electron chi connectivity index (χ0n) is 12.4. The van der Waals surface area contributed by atoms with Crippen LogP contribution in [0.4, 0.5) is 0 Å². The molecule has 2 N–H and O–H groups in total. The first-order valence-electron chi connectivity index (χ1n) is 7.45. The van der Waals surface area contributed by atoms with Gasteiger partial charge in [0, 0.05) is 12.5 Å². The largest absolute Gasteiger partial charge is 0.491 e. The summed E-state index contributed by atoms with van der Waals surface area (Å²) in [5, 5.41) is 12.7. The molecule has 0 aromatic heterocycles. The molecule has 0 saturated heterocycles. The number of carbonyl (C=O) groups is 1. The van der Waals surface area contributed by atoms with Crippen LogP contribution in [0.25, 0.3) is 0 Å². The van der Waals surface area contributed by atoms with E-state index in [1.165, 1.54) is 0 Å². The van der Waals surface area contributed by atoms with Gasteiger partial charge in [-0.15, -0.1) is 0 Å². The third kappa shape index (κ3) is 5.23. The van der Waals surface area contributed by atoms with Crippen molar-refractivity contribution in [1.29, 1.82) is 0 Å². The third-order valence-electron chi connectivity index (χ3n) is 3.58. The van der Waals surface area contributed by atoms with Crippen molar-refractivity contribution in [2.75, 3.05) is 13.2 Å². The maximum atomic E-state index is 11.9. The minimum Gasteiger partial charge on any atom is -0.491 e. The Hall–Kier alpha value is -1.81. The molecule has 4 nitrogen and oxygen atoms in total. The van der Waals surface area contributed by atoms with Crippen LogP contribution in [0.15, 0.2) is 36.4 Å². The summed E-state index contributed by atoms with van der Waals surface area (Å²) >= 11 is 0. The van der Waals surface area contributed by atoms with Crippen LogP contribution in [0.2, 0.25) is 0 Å². The van der Waals surface area contributed by atoms with E-state index in [0.717, 1.165) is 30.6 Å². The third-order valence-corrected chi connectivity index (χ3v) is 3.58. The molecule has 2 rings (SSSR count). The van der Waals surface area contributed by atoms with Crippen LogP contribution >= 0.6 is 0 Å². The maximum absolute atomic E-state index is 11.9. The number of rotatable bonds is 6. The van der Waals surface area contributed by atoms with Crippen LogP contribution in [0.1, 0.15) is 24.8 Å². The number of ether oxygens (including phenoxy) is 1. The number of nitrogens with one attached hydrogen (secondary N) is 1. The highest BCUT2D eigenvalue weighted by molar-refractivity contribution is 5.78. The monoisotopic (exact) mass is 289 g/mol. The van der Waals surface area contributed by atoms with E-state index in [0.29, 0.717) is 0 Å². The summed E-state index contributed by atoms with van der Waals surface area (Å²) < 4.78 is 5.51. The van der Waals surface area contributed by atoms with Gasteiger partial charge in [-0.25, -0.2) is 0 Å². The lowest BCUT2D eigenvalue weighted by Crippen LogP contribution is -2.38. The van der Waals surface area contributed by atoms with E-state index < -0.39 is 6.10 Å². The van der Waals surface area contributed by atoms with Gasteiger partial charge in [0.15, 0.2) is 0 Å². The minimum absolute atomic E-state index is 0.0222. The molecule has 0 saturated carbocycles. The average Bonchev–Trinajstić information content (AvgIpc) is 2.51. The molecule has 0 fully saturated rings. The van der Waals surface area contributed by atoms with Gasteiger partial charge in [0.2, 0.25) is 5.91 Å². The molecule has 21 heavy (non-hydrogen) atoms. The highest BCUT2D eigenvalue weighted by Gasteiger charge is 2.19. The van der Waals surface area contributed by atoms with Gasteiger partial charge in [-0.1, -0.05) is 24.3 Å².